The first-order chi connectivity index (χ1) is 13.3. The first-order valence-electron chi connectivity index (χ1n) is 8.06. The number of thioether (sulfide) groups is 1. The molecule has 2 heterocycles. The molecule has 0 aliphatic heterocycles. The fourth-order valence-electron chi connectivity index (χ4n) is 2.42. The zero-order valence-corrected chi connectivity index (χ0v) is 17.7. The number of anilines is 1. The number of nitrogens with zero attached hydrogens (tertiary/aromatic N) is 3. The van der Waals surface area contributed by atoms with E-state index in [0.717, 1.165) is 16.8 Å². The minimum Gasteiger partial charge on any atom is -0.325 e. The number of alkyl halides is 3. The van der Waals surface area contributed by atoms with Crippen LogP contribution in [0.1, 0.15) is 12.5 Å². The van der Waals surface area contributed by atoms with E-state index in [-0.39, 0.29) is 15.9 Å². The van der Waals surface area contributed by atoms with E-state index < -0.39 is 17.6 Å². The summed E-state index contributed by atoms with van der Waals surface area (Å²) in [6.45, 7) is 2.58. The van der Waals surface area contributed by atoms with Crippen LogP contribution in [0.25, 0.3) is 10.7 Å². The van der Waals surface area contributed by atoms with Crippen molar-refractivity contribution in [3.8, 4) is 10.7 Å². The number of benzene rings is 1. The Morgan fingerprint density at radius 2 is 2.11 bits per heavy atom. The second-order valence-electron chi connectivity index (χ2n) is 5.56. The van der Waals surface area contributed by atoms with Gasteiger partial charge in [0.1, 0.15) is 0 Å². The molecule has 0 spiro atoms. The molecule has 0 saturated carbocycles. The first-order valence-corrected chi connectivity index (χ1v) is 10.7. The average molecular weight is 491 g/mol. The van der Waals surface area contributed by atoms with E-state index in [2.05, 4.69) is 31.4 Å². The normalized spacial score (nSPS) is 11.6. The van der Waals surface area contributed by atoms with E-state index in [1.807, 2.05) is 29.0 Å². The number of rotatable bonds is 6. The lowest BCUT2D eigenvalue weighted by Crippen LogP contribution is -2.15. The highest BCUT2D eigenvalue weighted by Crippen LogP contribution is 2.36. The Balaban J connectivity index is 1.67. The van der Waals surface area contributed by atoms with Crippen LogP contribution in [0.5, 0.6) is 0 Å². The smallest absolute Gasteiger partial charge is 0.325 e. The maximum absolute atomic E-state index is 13.0. The third kappa shape index (κ3) is 4.76. The maximum Gasteiger partial charge on any atom is 0.417 e. The molecule has 1 N–H and O–H groups in total. The van der Waals surface area contributed by atoms with E-state index in [9.17, 15) is 18.0 Å². The molecular weight excluding hydrogens is 477 g/mol. The molecule has 28 heavy (non-hydrogen) atoms. The molecule has 0 bridgehead atoms. The van der Waals surface area contributed by atoms with Gasteiger partial charge in [-0.15, -0.1) is 21.5 Å². The van der Waals surface area contributed by atoms with Gasteiger partial charge in [0.25, 0.3) is 0 Å². The molecule has 0 saturated heterocycles. The number of aromatic nitrogens is 3. The lowest BCUT2D eigenvalue weighted by atomic mass is 10.2. The van der Waals surface area contributed by atoms with Crippen molar-refractivity contribution in [2.24, 2.45) is 0 Å². The Morgan fingerprint density at radius 3 is 2.75 bits per heavy atom. The predicted molar refractivity (Wildman–Crippen MR) is 108 cm³/mol. The zero-order chi connectivity index (χ0) is 20.3. The number of hydrogen-bond donors (Lipinski definition) is 1. The molecule has 3 aromatic rings. The van der Waals surface area contributed by atoms with Gasteiger partial charge in [0.15, 0.2) is 11.0 Å². The Labute approximate surface area is 175 Å². The van der Waals surface area contributed by atoms with Crippen molar-refractivity contribution < 1.29 is 18.0 Å². The summed E-state index contributed by atoms with van der Waals surface area (Å²) in [6.07, 6.45) is -4.51. The van der Waals surface area contributed by atoms with Crippen LogP contribution < -0.4 is 5.32 Å². The molecule has 0 unspecified atom stereocenters. The quantitative estimate of drug-likeness (QED) is 0.461. The lowest BCUT2D eigenvalue weighted by Gasteiger charge is -2.12. The third-order valence-corrected chi connectivity index (χ3v) is 6.19. The number of carbonyl (C=O) groups is 1. The largest absolute Gasteiger partial charge is 0.417 e. The molecule has 148 valence electrons. The second kappa shape index (κ2) is 8.66. The monoisotopic (exact) mass is 490 g/mol. The SMILES string of the molecule is CCn1c(SCC(=O)Nc2ccc(Br)c(C(F)(F)F)c2)nnc1-c1cccs1. The summed E-state index contributed by atoms with van der Waals surface area (Å²) >= 11 is 5.60. The average Bonchev–Trinajstić information content (AvgIpc) is 3.29. The van der Waals surface area contributed by atoms with Gasteiger partial charge in [-0.1, -0.05) is 33.8 Å². The van der Waals surface area contributed by atoms with Gasteiger partial charge in [-0.25, -0.2) is 0 Å². The Morgan fingerprint density at radius 1 is 1.32 bits per heavy atom. The van der Waals surface area contributed by atoms with Crippen molar-refractivity contribution in [3.63, 3.8) is 0 Å². The van der Waals surface area contributed by atoms with E-state index in [1.165, 1.54) is 23.9 Å². The molecule has 1 amide bonds. The van der Waals surface area contributed by atoms with Crippen LogP contribution in [0.4, 0.5) is 18.9 Å². The van der Waals surface area contributed by atoms with Crippen molar-refractivity contribution in [1.29, 1.82) is 0 Å². The summed E-state index contributed by atoms with van der Waals surface area (Å²) < 4.78 is 40.7. The summed E-state index contributed by atoms with van der Waals surface area (Å²) in [5.41, 5.74) is -0.762. The number of carbonyl (C=O) groups excluding carboxylic acids is 1. The van der Waals surface area contributed by atoms with E-state index in [4.69, 9.17) is 0 Å². The van der Waals surface area contributed by atoms with Crippen LogP contribution in [0.3, 0.4) is 0 Å². The highest BCUT2D eigenvalue weighted by Gasteiger charge is 2.33. The zero-order valence-electron chi connectivity index (χ0n) is 14.5. The molecule has 0 radical (unpaired) electrons. The molecule has 3 rings (SSSR count). The molecule has 0 aliphatic rings. The van der Waals surface area contributed by atoms with Gasteiger partial charge >= 0.3 is 6.18 Å². The Kier molecular flexibility index (Phi) is 6.46. The van der Waals surface area contributed by atoms with Gasteiger partial charge < -0.3 is 9.88 Å². The van der Waals surface area contributed by atoms with Gasteiger partial charge in [0.05, 0.1) is 16.2 Å². The standard InChI is InChI=1S/C17H14BrF3N4OS2/c1-2-25-15(13-4-3-7-27-13)23-24-16(25)28-9-14(26)22-10-5-6-12(18)11(8-10)17(19,20)21/h3-8H,2,9H2,1H3,(H,22,26). The van der Waals surface area contributed by atoms with Crippen molar-refractivity contribution in [1.82, 2.24) is 14.8 Å². The number of hydrogen-bond acceptors (Lipinski definition) is 5. The molecule has 11 heteroatoms. The van der Waals surface area contributed by atoms with Crippen LogP contribution in [0.15, 0.2) is 45.3 Å². The Bertz CT molecular complexity index is 973. The van der Waals surface area contributed by atoms with Gasteiger partial charge in [-0.3, -0.25) is 4.79 Å². The van der Waals surface area contributed by atoms with Crippen molar-refractivity contribution >= 4 is 50.6 Å². The van der Waals surface area contributed by atoms with Crippen LogP contribution in [-0.2, 0) is 17.5 Å². The summed E-state index contributed by atoms with van der Waals surface area (Å²) in [6, 6.07) is 7.42. The molecular formula is C17H14BrF3N4OS2. The van der Waals surface area contributed by atoms with Crippen molar-refractivity contribution in [3.05, 3.63) is 45.7 Å². The fraction of sp³-hybridized carbons (Fsp3) is 0.235. The van der Waals surface area contributed by atoms with Crippen LogP contribution >= 0.6 is 39.0 Å². The molecule has 0 fully saturated rings. The van der Waals surface area contributed by atoms with E-state index >= 15 is 0 Å². The van der Waals surface area contributed by atoms with Gasteiger partial charge in [-0.05, 0) is 36.6 Å². The highest BCUT2D eigenvalue weighted by atomic mass is 79.9. The van der Waals surface area contributed by atoms with Gasteiger partial charge in [-0.2, -0.15) is 13.2 Å². The second-order valence-corrected chi connectivity index (χ2v) is 8.30. The first kappa shape index (κ1) is 20.9. The fourth-order valence-corrected chi connectivity index (χ4v) is 4.41. The number of amides is 1. The lowest BCUT2D eigenvalue weighted by molar-refractivity contribution is -0.138. The summed E-state index contributed by atoms with van der Waals surface area (Å²) in [5.74, 6) is 0.298. The number of halogens is 4. The minimum absolute atomic E-state index is 0.0000110. The predicted octanol–water partition coefficient (Wildman–Crippen LogP) is 5.54. The number of nitrogens with one attached hydrogen (secondary N) is 1. The van der Waals surface area contributed by atoms with Crippen molar-refractivity contribution in [2.75, 3.05) is 11.1 Å². The third-order valence-electron chi connectivity index (χ3n) is 3.66. The van der Waals surface area contributed by atoms with Gasteiger partial charge in [0, 0.05) is 16.7 Å². The number of thiophene rings is 1. The molecule has 1 aromatic carbocycles. The topological polar surface area (TPSA) is 59.8 Å². The summed E-state index contributed by atoms with van der Waals surface area (Å²) in [5, 5.41) is 13.3. The molecule has 5 nitrogen and oxygen atoms in total. The molecule has 0 aliphatic carbocycles. The van der Waals surface area contributed by atoms with Crippen LogP contribution in [0, 0.1) is 0 Å². The maximum atomic E-state index is 13.0. The van der Waals surface area contributed by atoms with Crippen LogP contribution in [0.2, 0.25) is 0 Å². The summed E-state index contributed by atoms with van der Waals surface area (Å²) in [7, 11) is 0. The van der Waals surface area contributed by atoms with Crippen LogP contribution in [-0.4, -0.2) is 26.4 Å². The van der Waals surface area contributed by atoms with Gasteiger partial charge in [0.2, 0.25) is 5.91 Å². The highest BCUT2D eigenvalue weighted by molar-refractivity contribution is 9.10. The minimum atomic E-state index is -4.51. The van der Waals surface area contributed by atoms with E-state index in [1.54, 1.807) is 11.3 Å². The molecule has 0 atom stereocenters. The molecule has 2 aromatic heterocycles. The van der Waals surface area contributed by atoms with E-state index in [0.29, 0.717) is 11.7 Å². The Hall–Kier alpha value is -1.85. The van der Waals surface area contributed by atoms with Crippen molar-refractivity contribution in [2.45, 2.75) is 24.8 Å². The summed E-state index contributed by atoms with van der Waals surface area (Å²) in [4.78, 5) is 13.2.